The molecule has 0 atom stereocenters. The van der Waals surface area contributed by atoms with Crippen molar-refractivity contribution in [3.8, 4) is 6.07 Å². The molecule has 2 aromatic carbocycles. The first-order valence-corrected chi connectivity index (χ1v) is 8.82. The number of nitrogens with zero attached hydrogens (tertiary/aromatic N) is 3. The summed E-state index contributed by atoms with van der Waals surface area (Å²) in [6, 6.07) is 15.4. The SMILES string of the molecule is CCn1nc(C(=O)NNC(=O)/C=C/c2ccc(C#N)cc2)c2ccccc2c1=O. The van der Waals surface area contributed by atoms with Gasteiger partial charge in [-0.3, -0.25) is 25.2 Å². The molecular formula is C21H17N5O3. The molecule has 8 heteroatoms. The van der Waals surface area contributed by atoms with Gasteiger partial charge in [-0.1, -0.05) is 30.3 Å². The Labute approximate surface area is 166 Å². The van der Waals surface area contributed by atoms with E-state index in [2.05, 4.69) is 16.0 Å². The predicted molar refractivity (Wildman–Crippen MR) is 107 cm³/mol. The van der Waals surface area contributed by atoms with Crippen LogP contribution in [-0.4, -0.2) is 21.6 Å². The van der Waals surface area contributed by atoms with E-state index in [0.717, 1.165) is 5.56 Å². The van der Waals surface area contributed by atoms with Crippen LogP contribution in [0, 0.1) is 11.3 Å². The lowest BCUT2D eigenvalue weighted by Gasteiger charge is -2.10. The second kappa shape index (κ2) is 8.63. The average molecular weight is 387 g/mol. The van der Waals surface area contributed by atoms with Gasteiger partial charge < -0.3 is 0 Å². The molecule has 0 aliphatic carbocycles. The Morgan fingerprint density at radius 3 is 2.45 bits per heavy atom. The van der Waals surface area contributed by atoms with Gasteiger partial charge in [-0.25, -0.2) is 4.68 Å². The maximum Gasteiger partial charge on any atom is 0.290 e. The van der Waals surface area contributed by atoms with Gasteiger partial charge in [0.15, 0.2) is 5.69 Å². The molecule has 0 aliphatic rings. The van der Waals surface area contributed by atoms with Crippen molar-refractivity contribution in [3.63, 3.8) is 0 Å². The van der Waals surface area contributed by atoms with Gasteiger partial charge >= 0.3 is 0 Å². The van der Waals surface area contributed by atoms with Crippen molar-refractivity contribution < 1.29 is 9.59 Å². The number of aromatic nitrogens is 2. The third kappa shape index (κ3) is 4.36. The molecule has 0 radical (unpaired) electrons. The van der Waals surface area contributed by atoms with Gasteiger partial charge in [-0.05, 0) is 36.8 Å². The minimum Gasteiger partial charge on any atom is -0.268 e. The second-order valence-corrected chi connectivity index (χ2v) is 6.03. The van der Waals surface area contributed by atoms with E-state index in [-0.39, 0.29) is 11.3 Å². The third-order valence-electron chi connectivity index (χ3n) is 4.15. The van der Waals surface area contributed by atoms with E-state index in [1.807, 2.05) is 6.07 Å². The van der Waals surface area contributed by atoms with Crippen LogP contribution in [0.4, 0.5) is 0 Å². The molecule has 0 saturated heterocycles. The van der Waals surface area contributed by atoms with Crippen molar-refractivity contribution in [2.24, 2.45) is 0 Å². The Hall–Kier alpha value is -4.25. The van der Waals surface area contributed by atoms with Crippen LogP contribution < -0.4 is 16.4 Å². The van der Waals surface area contributed by atoms with E-state index < -0.39 is 11.8 Å². The molecule has 3 rings (SSSR count). The standard InChI is InChI=1S/C21H17N5O3/c1-2-26-21(29)17-6-4-3-5-16(17)19(25-26)20(28)24-23-18(27)12-11-14-7-9-15(13-22)10-8-14/h3-12H,2H2,1H3,(H,23,27)(H,24,28)/b12-11+. The van der Waals surface area contributed by atoms with Crippen LogP contribution in [0.5, 0.6) is 0 Å². The van der Waals surface area contributed by atoms with E-state index in [9.17, 15) is 14.4 Å². The van der Waals surface area contributed by atoms with E-state index >= 15 is 0 Å². The van der Waals surface area contributed by atoms with E-state index in [1.54, 1.807) is 61.5 Å². The number of hydrazine groups is 1. The number of hydrogen-bond acceptors (Lipinski definition) is 5. The molecule has 0 bridgehead atoms. The number of nitrogens with one attached hydrogen (secondary N) is 2. The molecule has 2 N–H and O–H groups in total. The number of carbonyl (C=O) groups is 2. The van der Waals surface area contributed by atoms with Gasteiger partial charge in [-0.15, -0.1) is 0 Å². The number of rotatable bonds is 4. The number of benzene rings is 2. The molecular weight excluding hydrogens is 370 g/mol. The van der Waals surface area contributed by atoms with E-state index in [1.165, 1.54) is 10.8 Å². The molecule has 3 aromatic rings. The van der Waals surface area contributed by atoms with E-state index in [4.69, 9.17) is 5.26 Å². The van der Waals surface area contributed by atoms with Crippen molar-refractivity contribution in [2.45, 2.75) is 13.5 Å². The molecule has 8 nitrogen and oxygen atoms in total. The van der Waals surface area contributed by atoms with Crippen LogP contribution in [0.25, 0.3) is 16.8 Å². The van der Waals surface area contributed by atoms with Gasteiger partial charge in [-0.2, -0.15) is 10.4 Å². The number of hydrogen-bond donors (Lipinski definition) is 2. The zero-order valence-corrected chi connectivity index (χ0v) is 15.5. The average Bonchev–Trinajstić information content (AvgIpc) is 2.76. The summed E-state index contributed by atoms with van der Waals surface area (Å²) in [5.74, 6) is -1.18. The Kier molecular flexibility index (Phi) is 5.80. The van der Waals surface area contributed by atoms with Crippen molar-refractivity contribution in [1.29, 1.82) is 5.26 Å². The van der Waals surface area contributed by atoms with Crippen LogP contribution in [0.15, 0.2) is 59.4 Å². The largest absolute Gasteiger partial charge is 0.290 e. The third-order valence-corrected chi connectivity index (χ3v) is 4.15. The molecule has 1 aromatic heterocycles. The molecule has 0 aliphatic heterocycles. The zero-order chi connectivity index (χ0) is 20.8. The maximum absolute atomic E-state index is 12.5. The summed E-state index contributed by atoms with van der Waals surface area (Å²) in [6.45, 7) is 2.06. The second-order valence-electron chi connectivity index (χ2n) is 6.03. The number of amides is 2. The van der Waals surface area contributed by atoms with Crippen molar-refractivity contribution in [2.75, 3.05) is 0 Å². The van der Waals surface area contributed by atoms with E-state index in [0.29, 0.717) is 22.9 Å². The van der Waals surface area contributed by atoms with Crippen LogP contribution >= 0.6 is 0 Å². The molecule has 29 heavy (non-hydrogen) atoms. The predicted octanol–water partition coefficient (Wildman–Crippen LogP) is 1.76. The molecule has 1 heterocycles. The maximum atomic E-state index is 12.5. The monoisotopic (exact) mass is 387 g/mol. The number of aryl methyl sites for hydroxylation is 1. The number of nitriles is 1. The summed E-state index contributed by atoms with van der Waals surface area (Å²) in [4.78, 5) is 36.8. The Bertz CT molecular complexity index is 1200. The first-order chi connectivity index (χ1) is 14.0. The van der Waals surface area contributed by atoms with Gasteiger partial charge in [0.05, 0.1) is 17.0 Å². The topological polar surface area (TPSA) is 117 Å². The van der Waals surface area contributed by atoms with Gasteiger partial charge in [0.25, 0.3) is 17.4 Å². The fraction of sp³-hybridized carbons (Fsp3) is 0.0952. The van der Waals surface area contributed by atoms with Gasteiger partial charge in [0.2, 0.25) is 0 Å². The summed E-state index contributed by atoms with van der Waals surface area (Å²) >= 11 is 0. The Morgan fingerprint density at radius 2 is 1.79 bits per heavy atom. The lowest BCUT2D eigenvalue weighted by molar-refractivity contribution is -0.117. The lowest BCUT2D eigenvalue weighted by Crippen LogP contribution is -2.42. The molecule has 144 valence electrons. The van der Waals surface area contributed by atoms with Gasteiger partial charge in [0.1, 0.15) is 0 Å². The fourth-order valence-corrected chi connectivity index (χ4v) is 2.68. The highest BCUT2D eigenvalue weighted by molar-refractivity contribution is 6.05. The van der Waals surface area contributed by atoms with Crippen LogP contribution in [0.3, 0.4) is 0 Å². The first-order valence-electron chi connectivity index (χ1n) is 8.82. The zero-order valence-electron chi connectivity index (χ0n) is 15.5. The highest BCUT2D eigenvalue weighted by Crippen LogP contribution is 2.13. The fourth-order valence-electron chi connectivity index (χ4n) is 2.68. The van der Waals surface area contributed by atoms with Crippen LogP contribution in [0.2, 0.25) is 0 Å². The smallest absolute Gasteiger partial charge is 0.268 e. The van der Waals surface area contributed by atoms with Crippen molar-refractivity contribution >= 4 is 28.7 Å². The summed E-state index contributed by atoms with van der Waals surface area (Å²) in [6.07, 6.45) is 2.80. The Morgan fingerprint density at radius 1 is 1.10 bits per heavy atom. The number of fused-ring (bicyclic) bond motifs is 1. The highest BCUT2D eigenvalue weighted by Gasteiger charge is 2.16. The molecule has 0 fully saturated rings. The Balaban J connectivity index is 1.73. The minimum absolute atomic E-state index is 0.0402. The highest BCUT2D eigenvalue weighted by atomic mass is 16.2. The summed E-state index contributed by atoms with van der Waals surface area (Å²) in [5, 5.41) is 13.7. The molecule has 0 unspecified atom stereocenters. The summed E-state index contributed by atoms with van der Waals surface area (Å²) in [5.41, 5.74) is 5.60. The van der Waals surface area contributed by atoms with Crippen molar-refractivity contribution in [3.05, 3.63) is 81.8 Å². The summed E-state index contributed by atoms with van der Waals surface area (Å²) < 4.78 is 1.20. The normalized spacial score (nSPS) is 10.6. The molecule has 0 saturated carbocycles. The quantitative estimate of drug-likeness (QED) is 0.523. The lowest BCUT2D eigenvalue weighted by atomic mass is 10.1. The molecule has 2 amide bonds. The minimum atomic E-state index is -0.636. The molecule has 0 spiro atoms. The number of carbonyl (C=O) groups excluding carboxylic acids is 2. The van der Waals surface area contributed by atoms with Crippen molar-refractivity contribution in [1.82, 2.24) is 20.6 Å². The van der Waals surface area contributed by atoms with Crippen LogP contribution in [0.1, 0.15) is 28.5 Å². The summed E-state index contributed by atoms with van der Waals surface area (Å²) in [7, 11) is 0. The van der Waals surface area contributed by atoms with Gasteiger partial charge in [0, 0.05) is 18.0 Å². The van der Waals surface area contributed by atoms with Crippen LogP contribution in [-0.2, 0) is 11.3 Å². The first kappa shape index (κ1) is 19.5.